The zero-order chi connectivity index (χ0) is 20.5. The molecule has 0 saturated heterocycles. The minimum atomic E-state index is 0.701. The van der Waals surface area contributed by atoms with Gasteiger partial charge in [0.25, 0.3) is 0 Å². The van der Waals surface area contributed by atoms with Crippen LogP contribution in [0.25, 0.3) is 5.57 Å². The van der Waals surface area contributed by atoms with E-state index < -0.39 is 0 Å². The van der Waals surface area contributed by atoms with Gasteiger partial charge in [-0.15, -0.1) is 0 Å². The van der Waals surface area contributed by atoms with Crippen molar-refractivity contribution in [1.29, 1.82) is 0 Å². The van der Waals surface area contributed by atoms with Crippen LogP contribution >= 0.6 is 0 Å². The lowest BCUT2D eigenvalue weighted by atomic mass is 9.93. The Morgan fingerprint density at radius 1 is 0.897 bits per heavy atom. The summed E-state index contributed by atoms with van der Waals surface area (Å²) < 4.78 is 0. The van der Waals surface area contributed by atoms with E-state index in [4.69, 9.17) is 4.99 Å². The summed E-state index contributed by atoms with van der Waals surface area (Å²) in [7, 11) is 0. The number of nitrogens with one attached hydrogen (secondary N) is 3. The normalized spacial score (nSPS) is 16.0. The second kappa shape index (κ2) is 7.63. The summed E-state index contributed by atoms with van der Waals surface area (Å²) in [5.41, 5.74) is 18.4. The summed E-state index contributed by atoms with van der Waals surface area (Å²) in [5, 5.41) is 3.41. The molecule has 0 radical (unpaired) electrons. The van der Waals surface area contributed by atoms with Crippen LogP contribution in [0.1, 0.15) is 41.2 Å². The van der Waals surface area contributed by atoms with Gasteiger partial charge in [0.15, 0.2) is 0 Å². The lowest BCUT2D eigenvalue weighted by molar-refractivity contribution is 0.738. The van der Waals surface area contributed by atoms with Gasteiger partial charge in [-0.25, -0.2) is 4.99 Å². The second-order valence-electron chi connectivity index (χ2n) is 7.94. The number of fused-ring (bicyclic) bond motifs is 1. The molecular weight excluding hydrogens is 356 g/mol. The molecule has 0 saturated carbocycles. The average molecular weight is 385 g/mol. The monoisotopic (exact) mass is 384 g/mol. The number of hydrogen-bond donors (Lipinski definition) is 3. The van der Waals surface area contributed by atoms with Crippen LogP contribution in [-0.2, 0) is 0 Å². The summed E-state index contributed by atoms with van der Waals surface area (Å²) in [6.45, 7) is 10.7. The number of nitrogens with zero attached hydrogens (tertiary/aromatic N) is 1. The first-order chi connectivity index (χ1) is 13.9. The third-order valence-electron chi connectivity index (χ3n) is 5.52. The lowest BCUT2D eigenvalue weighted by Crippen LogP contribution is -2.44. The highest BCUT2D eigenvalue weighted by Gasteiger charge is 2.19. The van der Waals surface area contributed by atoms with Gasteiger partial charge < -0.3 is 5.32 Å². The number of anilines is 1. The molecule has 0 amide bonds. The van der Waals surface area contributed by atoms with Crippen LogP contribution in [0.4, 0.5) is 5.69 Å². The average Bonchev–Trinajstić information content (AvgIpc) is 2.83. The van der Waals surface area contributed by atoms with Crippen molar-refractivity contribution in [3.05, 3.63) is 93.3 Å². The van der Waals surface area contributed by atoms with E-state index >= 15 is 0 Å². The number of hydrogen-bond acceptors (Lipinski definition) is 4. The minimum absolute atomic E-state index is 0.701. The number of guanidine groups is 1. The van der Waals surface area contributed by atoms with Gasteiger partial charge in [0, 0.05) is 5.69 Å². The highest BCUT2D eigenvalue weighted by atomic mass is 15.5. The van der Waals surface area contributed by atoms with Gasteiger partial charge >= 0.3 is 0 Å². The molecule has 0 atom stereocenters. The van der Waals surface area contributed by atoms with Crippen molar-refractivity contribution in [2.75, 3.05) is 5.32 Å². The fraction of sp³-hybridized carbons (Fsp3) is 0.240. The first-order valence-electron chi connectivity index (χ1n) is 10.1. The van der Waals surface area contributed by atoms with Crippen molar-refractivity contribution < 1.29 is 0 Å². The SMILES string of the molecule is CC1=C2N=C(Nc3ccc(C)cc3C)NNC2=CCC(c2c(C)cccc2C)=C1. The summed E-state index contributed by atoms with van der Waals surface area (Å²) >= 11 is 0. The quantitative estimate of drug-likeness (QED) is 0.646. The Balaban J connectivity index is 1.70. The zero-order valence-electron chi connectivity index (χ0n) is 17.8. The van der Waals surface area contributed by atoms with Crippen LogP contribution < -0.4 is 16.2 Å². The third-order valence-corrected chi connectivity index (χ3v) is 5.52. The predicted molar refractivity (Wildman–Crippen MR) is 123 cm³/mol. The smallest absolute Gasteiger partial charge is 0.220 e. The standard InChI is InChI=1S/C25H28N4/c1-15-9-11-21(18(4)13-15)26-25-27-24-19(5)14-20(10-12-22(24)28-29-25)23-16(2)7-6-8-17(23)3/h6-9,11-14,28H,10H2,1-5H3,(H2,26,27,29). The van der Waals surface area contributed by atoms with Gasteiger partial charge in [-0.3, -0.25) is 10.9 Å². The van der Waals surface area contributed by atoms with E-state index in [9.17, 15) is 0 Å². The number of hydrazine groups is 1. The van der Waals surface area contributed by atoms with Gasteiger partial charge in [0.05, 0.1) is 11.4 Å². The molecule has 1 heterocycles. The van der Waals surface area contributed by atoms with Crippen molar-refractivity contribution in [3.8, 4) is 0 Å². The Morgan fingerprint density at radius 2 is 1.66 bits per heavy atom. The van der Waals surface area contributed by atoms with E-state index in [1.807, 2.05) is 0 Å². The number of allylic oxidation sites excluding steroid dienone is 4. The Kier molecular flexibility index (Phi) is 5.01. The van der Waals surface area contributed by atoms with E-state index in [0.29, 0.717) is 5.96 Å². The molecule has 0 aromatic heterocycles. The summed E-state index contributed by atoms with van der Waals surface area (Å²) in [6, 6.07) is 12.8. The number of aryl methyl sites for hydroxylation is 4. The molecule has 2 aromatic carbocycles. The van der Waals surface area contributed by atoms with Crippen LogP contribution in [0, 0.1) is 27.7 Å². The number of benzene rings is 2. The van der Waals surface area contributed by atoms with Crippen LogP contribution in [0.3, 0.4) is 0 Å². The Morgan fingerprint density at radius 3 is 2.38 bits per heavy atom. The Hall–Kier alpha value is -3.27. The predicted octanol–water partition coefficient (Wildman–Crippen LogP) is 5.44. The van der Waals surface area contributed by atoms with Crippen molar-refractivity contribution >= 4 is 17.2 Å². The molecule has 4 rings (SSSR count). The maximum absolute atomic E-state index is 4.88. The van der Waals surface area contributed by atoms with Crippen LogP contribution in [0.5, 0.6) is 0 Å². The molecular formula is C25H28N4. The van der Waals surface area contributed by atoms with E-state index in [1.165, 1.54) is 33.4 Å². The van der Waals surface area contributed by atoms with E-state index in [0.717, 1.165) is 29.1 Å². The Bertz CT molecular complexity index is 1080. The number of aliphatic imine (C=N–C) groups is 1. The first kappa shape index (κ1) is 19.1. The molecule has 0 bridgehead atoms. The molecule has 2 aromatic rings. The molecule has 0 fully saturated rings. The van der Waals surface area contributed by atoms with Gasteiger partial charge in [0.2, 0.25) is 5.96 Å². The van der Waals surface area contributed by atoms with E-state index in [2.05, 4.69) is 99.3 Å². The lowest BCUT2D eigenvalue weighted by Gasteiger charge is -2.23. The van der Waals surface area contributed by atoms with Crippen molar-refractivity contribution in [1.82, 2.24) is 10.9 Å². The highest BCUT2D eigenvalue weighted by Crippen LogP contribution is 2.32. The molecule has 2 aliphatic rings. The van der Waals surface area contributed by atoms with Gasteiger partial charge in [-0.1, -0.05) is 48.0 Å². The third kappa shape index (κ3) is 3.83. The van der Waals surface area contributed by atoms with Gasteiger partial charge in [-0.05, 0) is 80.5 Å². The van der Waals surface area contributed by atoms with Crippen LogP contribution in [-0.4, -0.2) is 5.96 Å². The molecule has 0 unspecified atom stereocenters. The van der Waals surface area contributed by atoms with E-state index in [-0.39, 0.29) is 0 Å². The van der Waals surface area contributed by atoms with Gasteiger partial charge in [-0.2, -0.15) is 0 Å². The summed E-state index contributed by atoms with van der Waals surface area (Å²) in [4.78, 5) is 4.88. The molecule has 1 aliphatic carbocycles. The maximum atomic E-state index is 4.88. The van der Waals surface area contributed by atoms with Crippen molar-refractivity contribution in [3.63, 3.8) is 0 Å². The van der Waals surface area contributed by atoms with Crippen molar-refractivity contribution in [2.45, 2.75) is 41.0 Å². The molecule has 148 valence electrons. The fourth-order valence-corrected chi connectivity index (χ4v) is 4.07. The second-order valence-corrected chi connectivity index (χ2v) is 7.94. The Labute approximate surface area is 173 Å². The molecule has 4 heteroatoms. The molecule has 1 aliphatic heterocycles. The van der Waals surface area contributed by atoms with Crippen LogP contribution in [0.2, 0.25) is 0 Å². The highest BCUT2D eigenvalue weighted by molar-refractivity contribution is 5.96. The molecule has 0 spiro atoms. The van der Waals surface area contributed by atoms with Gasteiger partial charge in [0.1, 0.15) is 0 Å². The topological polar surface area (TPSA) is 48.5 Å². The van der Waals surface area contributed by atoms with Crippen LogP contribution in [0.15, 0.2) is 70.5 Å². The van der Waals surface area contributed by atoms with E-state index in [1.54, 1.807) is 0 Å². The largest absolute Gasteiger partial charge is 0.324 e. The maximum Gasteiger partial charge on any atom is 0.220 e. The first-order valence-corrected chi connectivity index (χ1v) is 10.1. The zero-order valence-corrected chi connectivity index (χ0v) is 17.8. The molecule has 29 heavy (non-hydrogen) atoms. The fourth-order valence-electron chi connectivity index (χ4n) is 4.07. The summed E-state index contributed by atoms with van der Waals surface area (Å²) in [6.07, 6.45) is 5.36. The minimum Gasteiger partial charge on any atom is -0.324 e. The number of rotatable bonds is 2. The molecule has 3 N–H and O–H groups in total. The van der Waals surface area contributed by atoms with Crippen molar-refractivity contribution in [2.24, 2.45) is 4.99 Å². The summed E-state index contributed by atoms with van der Waals surface area (Å²) in [5.74, 6) is 0.701. The molecule has 4 nitrogen and oxygen atoms in total.